The average molecular weight is 301 g/mol. The standard InChI is InChI=1S/C16H19N3O3/c1-3-22-15(20)10-14-12(2)11-18-19(16(14)21)9-7-13-6-4-5-8-17-13/h4-6,8,11H,3,7,9-10H2,1-2H3. The van der Waals surface area contributed by atoms with E-state index in [0.29, 0.717) is 30.7 Å². The molecule has 0 saturated heterocycles. The Labute approximate surface area is 128 Å². The van der Waals surface area contributed by atoms with Crippen LogP contribution in [0.4, 0.5) is 0 Å². The molecule has 2 aromatic heterocycles. The molecule has 0 unspecified atom stereocenters. The minimum absolute atomic E-state index is 0.0232. The number of hydrogen-bond acceptors (Lipinski definition) is 5. The second-order valence-corrected chi connectivity index (χ2v) is 4.89. The van der Waals surface area contributed by atoms with Crippen molar-refractivity contribution < 1.29 is 9.53 Å². The van der Waals surface area contributed by atoms with Gasteiger partial charge in [0.15, 0.2) is 0 Å². The Bertz CT molecular complexity index is 696. The monoisotopic (exact) mass is 301 g/mol. The fourth-order valence-corrected chi connectivity index (χ4v) is 2.11. The van der Waals surface area contributed by atoms with E-state index >= 15 is 0 Å². The first kappa shape index (κ1) is 15.9. The summed E-state index contributed by atoms with van der Waals surface area (Å²) in [6, 6.07) is 5.65. The van der Waals surface area contributed by atoms with Crippen molar-refractivity contribution in [2.45, 2.75) is 33.2 Å². The zero-order chi connectivity index (χ0) is 15.9. The molecule has 0 bridgehead atoms. The van der Waals surface area contributed by atoms with Crippen LogP contribution in [0.25, 0.3) is 0 Å². The lowest BCUT2D eigenvalue weighted by atomic mass is 10.1. The first-order valence-electron chi connectivity index (χ1n) is 7.23. The van der Waals surface area contributed by atoms with Crippen molar-refractivity contribution >= 4 is 5.97 Å². The summed E-state index contributed by atoms with van der Waals surface area (Å²) in [4.78, 5) is 28.2. The molecule has 0 aliphatic carbocycles. The molecular formula is C16H19N3O3. The fourth-order valence-electron chi connectivity index (χ4n) is 2.11. The van der Waals surface area contributed by atoms with Gasteiger partial charge in [-0.25, -0.2) is 4.68 Å². The van der Waals surface area contributed by atoms with E-state index in [-0.39, 0.29) is 12.0 Å². The largest absolute Gasteiger partial charge is 0.466 e. The Morgan fingerprint density at radius 1 is 1.36 bits per heavy atom. The van der Waals surface area contributed by atoms with E-state index in [4.69, 9.17) is 4.74 Å². The van der Waals surface area contributed by atoms with Crippen LogP contribution < -0.4 is 5.56 Å². The molecule has 2 aromatic rings. The van der Waals surface area contributed by atoms with Crippen molar-refractivity contribution in [1.82, 2.24) is 14.8 Å². The first-order chi connectivity index (χ1) is 10.6. The highest BCUT2D eigenvalue weighted by atomic mass is 16.5. The molecule has 0 saturated carbocycles. The van der Waals surface area contributed by atoms with Crippen molar-refractivity contribution in [3.8, 4) is 0 Å². The number of pyridine rings is 1. The summed E-state index contributed by atoms with van der Waals surface area (Å²) in [6.07, 6.45) is 3.90. The number of hydrogen-bond donors (Lipinski definition) is 0. The molecule has 0 aliphatic rings. The van der Waals surface area contributed by atoms with Crippen LogP contribution in [0.5, 0.6) is 0 Å². The quantitative estimate of drug-likeness (QED) is 0.752. The van der Waals surface area contributed by atoms with Gasteiger partial charge in [-0.15, -0.1) is 0 Å². The van der Waals surface area contributed by atoms with Gasteiger partial charge in [-0.05, 0) is 31.5 Å². The van der Waals surface area contributed by atoms with Gasteiger partial charge < -0.3 is 4.74 Å². The molecule has 6 nitrogen and oxygen atoms in total. The van der Waals surface area contributed by atoms with Crippen molar-refractivity contribution in [1.29, 1.82) is 0 Å². The van der Waals surface area contributed by atoms with Gasteiger partial charge in [0.2, 0.25) is 0 Å². The number of rotatable bonds is 6. The number of nitrogens with zero attached hydrogens (tertiary/aromatic N) is 3. The van der Waals surface area contributed by atoms with E-state index in [1.165, 1.54) is 4.68 Å². The second kappa shape index (κ2) is 7.49. The third-order valence-electron chi connectivity index (χ3n) is 3.29. The van der Waals surface area contributed by atoms with Gasteiger partial charge in [0, 0.05) is 23.9 Å². The molecule has 0 fully saturated rings. The molecule has 0 N–H and O–H groups in total. The summed E-state index contributed by atoms with van der Waals surface area (Å²) in [5.74, 6) is -0.398. The molecule has 2 heterocycles. The lowest BCUT2D eigenvalue weighted by Crippen LogP contribution is -2.29. The minimum Gasteiger partial charge on any atom is -0.466 e. The van der Waals surface area contributed by atoms with E-state index in [2.05, 4.69) is 10.1 Å². The van der Waals surface area contributed by atoms with E-state index in [9.17, 15) is 9.59 Å². The number of aromatic nitrogens is 3. The number of aryl methyl sites for hydroxylation is 3. The third-order valence-corrected chi connectivity index (χ3v) is 3.29. The van der Waals surface area contributed by atoms with Gasteiger partial charge in [-0.1, -0.05) is 6.07 Å². The van der Waals surface area contributed by atoms with Crippen molar-refractivity contribution in [3.05, 3.63) is 57.8 Å². The number of esters is 1. The lowest BCUT2D eigenvalue weighted by Gasteiger charge is -2.09. The Hall–Kier alpha value is -2.50. The van der Waals surface area contributed by atoms with Crippen LogP contribution in [-0.2, 0) is 28.9 Å². The van der Waals surface area contributed by atoms with Gasteiger partial charge >= 0.3 is 5.97 Å². The van der Waals surface area contributed by atoms with E-state index in [1.54, 1.807) is 26.2 Å². The predicted molar refractivity (Wildman–Crippen MR) is 81.5 cm³/mol. The van der Waals surface area contributed by atoms with E-state index in [0.717, 1.165) is 5.69 Å². The maximum absolute atomic E-state index is 12.4. The van der Waals surface area contributed by atoms with Crippen molar-refractivity contribution in [3.63, 3.8) is 0 Å². The van der Waals surface area contributed by atoms with Crippen LogP contribution in [0.15, 0.2) is 35.4 Å². The number of carbonyl (C=O) groups is 1. The summed E-state index contributed by atoms with van der Waals surface area (Å²) in [5.41, 5.74) is 1.79. The maximum atomic E-state index is 12.4. The Morgan fingerprint density at radius 2 is 2.18 bits per heavy atom. The van der Waals surface area contributed by atoms with Crippen LogP contribution >= 0.6 is 0 Å². The Kier molecular flexibility index (Phi) is 5.41. The van der Waals surface area contributed by atoms with Gasteiger partial charge in [0.25, 0.3) is 5.56 Å². The highest BCUT2D eigenvalue weighted by Gasteiger charge is 2.13. The summed E-state index contributed by atoms with van der Waals surface area (Å²) in [5, 5.41) is 4.13. The molecule has 0 radical (unpaired) electrons. The molecule has 0 spiro atoms. The molecular weight excluding hydrogens is 282 g/mol. The maximum Gasteiger partial charge on any atom is 0.310 e. The van der Waals surface area contributed by atoms with Crippen LogP contribution in [0.1, 0.15) is 23.7 Å². The van der Waals surface area contributed by atoms with Crippen LogP contribution in [-0.4, -0.2) is 27.3 Å². The number of ether oxygens (including phenoxy) is 1. The van der Waals surface area contributed by atoms with Crippen LogP contribution in [0.2, 0.25) is 0 Å². The SMILES string of the molecule is CCOC(=O)Cc1c(C)cnn(CCc2ccccn2)c1=O. The first-order valence-corrected chi connectivity index (χ1v) is 7.23. The van der Waals surface area contributed by atoms with Crippen LogP contribution in [0.3, 0.4) is 0 Å². The molecule has 116 valence electrons. The van der Waals surface area contributed by atoms with Gasteiger partial charge in [-0.2, -0.15) is 5.10 Å². The molecule has 0 aliphatic heterocycles. The highest BCUT2D eigenvalue weighted by Crippen LogP contribution is 2.03. The topological polar surface area (TPSA) is 74.1 Å². The normalized spacial score (nSPS) is 10.5. The fraction of sp³-hybridized carbons (Fsp3) is 0.375. The predicted octanol–water partition coefficient (Wildman–Crippen LogP) is 1.30. The van der Waals surface area contributed by atoms with Crippen LogP contribution in [0, 0.1) is 6.92 Å². The molecule has 6 heteroatoms. The molecule has 0 atom stereocenters. The van der Waals surface area contributed by atoms with E-state index in [1.807, 2.05) is 18.2 Å². The van der Waals surface area contributed by atoms with Crippen molar-refractivity contribution in [2.24, 2.45) is 0 Å². The lowest BCUT2D eigenvalue weighted by molar-refractivity contribution is -0.142. The van der Waals surface area contributed by atoms with E-state index < -0.39 is 5.97 Å². The molecule has 0 amide bonds. The van der Waals surface area contributed by atoms with Gasteiger partial charge in [0.1, 0.15) is 0 Å². The molecule has 22 heavy (non-hydrogen) atoms. The van der Waals surface area contributed by atoms with Gasteiger partial charge in [-0.3, -0.25) is 14.6 Å². The third kappa shape index (κ3) is 4.00. The highest BCUT2D eigenvalue weighted by molar-refractivity contribution is 5.72. The summed E-state index contributed by atoms with van der Waals surface area (Å²) >= 11 is 0. The summed E-state index contributed by atoms with van der Waals surface area (Å²) in [6.45, 7) is 4.23. The smallest absolute Gasteiger partial charge is 0.310 e. The minimum atomic E-state index is -0.398. The Balaban J connectivity index is 2.16. The summed E-state index contributed by atoms with van der Waals surface area (Å²) < 4.78 is 6.28. The molecule has 0 aromatic carbocycles. The zero-order valence-corrected chi connectivity index (χ0v) is 12.8. The second-order valence-electron chi connectivity index (χ2n) is 4.89. The molecule has 2 rings (SSSR count). The average Bonchev–Trinajstić information content (AvgIpc) is 2.52. The Morgan fingerprint density at radius 3 is 2.86 bits per heavy atom. The summed E-state index contributed by atoms with van der Waals surface area (Å²) in [7, 11) is 0. The zero-order valence-electron chi connectivity index (χ0n) is 12.8. The number of carbonyl (C=O) groups excluding carboxylic acids is 1. The van der Waals surface area contributed by atoms with Crippen molar-refractivity contribution in [2.75, 3.05) is 6.61 Å². The van der Waals surface area contributed by atoms with Gasteiger partial charge in [0.05, 0.1) is 25.8 Å².